The summed E-state index contributed by atoms with van der Waals surface area (Å²) in [5.74, 6) is 0.538. The molecule has 1 N–H and O–H groups in total. The zero-order chi connectivity index (χ0) is 16.8. The molecule has 22 heavy (non-hydrogen) atoms. The summed E-state index contributed by atoms with van der Waals surface area (Å²) in [4.78, 5) is 11.8. The highest BCUT2D eigenvalue weighted by Gasteiger charge is 2.16. The lowest BCUT2D eigenvalue weighted by Gasteiger charge is -2.11. The molecule has 6 heteroatoms. The second-order valence-corrected chi connectivity index (χ2v) is 8.01. The van der Waals surface area contributed by atoms with Crippen LogP contribution in [-0.4, -0.2) is 32.7 Å². The molecule has 1 aromatic carbocycles. The van der Waals surface area contributed by atoms with Crippen molar-refractivity contribution in [2.45, 2.75) is 45.1 Å². The van der Waals surface area contributed by atoms with Crippen LogP contribution in [0.4, 0.5) is 0 Å². The summed E-state index contributed by atoms with van der Waals surface area (Å²) < 4.78 is 29.9. The van der Waals surface area contributed by atoms with Gasteiger partial charge in [0.1, 0.15) is 5.75 Å². The summed E-state index contributed by atoms with van der Waals surface area (Å²) in [6.07, 6.45) is 0.00589. The van der Waals surface area contributed by atoms with E-state index in [-0.39, 0.29) is 29.1 Å². The Labute approximate surface area is 133 Å². The molecule has 0 aliphatic heterocycles. The zero-order valence-corrected chi connectivity index (χ0v) is 14.4. The van der Waals surface area contributed by atoms with Crippen LogP contribution >= 0.6 is 0 Å². The minimum absolute atomic E-state index is 0.0285. The van der Waals surface area contributed by atoms with Gasteiger partial charge in [0.05, 0.1) is 16.8 Å². The minimum atomic E-state index is -3.46. The molecule has 1 aromatic rings. The van der Waals surface area contributed by atoms with Crippen molar-refractivity contribution < 1.29 is 17.9 Å². The lowest BCUT2D eigenvalue weighted by molar-refractivity contribution is -0.120. The average Bonchev–Trinajstić information content (AvgIpc) is 2.43. The zero-order valence-electron chi connectivity index (χ0n) is 13.6. The van der Waals surface area contributed by atoms with Gasteiger partial charge in [-0.25, -0.2) is 8.42 Å². The van der Waals surface area contributed by atoms with Crippen molar-refractivity contribution in [2.24, 2.45) is 5.92 Å². The van der Waals surface area contributed by atoms with Gasteiger partial charge in [0.25, 0.3) is 0 Å². The van der Waals surface area contributed by atoms with Crippen molar-refractivity contribution in [1.29, 1.82) is 0 Å². The van der Waals surface area contributed by atoms with Gasteiger partial charge in [-0.05, 0) is 44.0 Å². The van der Waals surface area contributed by atoms with E-state index in [0.29, 0.717) is 18.2 Å². The Kier molecular flexibility index (Phi) is 6.87. The van der Waals surface area contributed by atoms with Crippen molar-refractivity contribution >= 4 is 15.7 Å². The van der Waals surface area contributed by atoms with E-state index in [9.17, 15) is 13.2 Å². The van der Waals surface area contributed by atoms with Crippen LogP contribution < -0.4 is 10.1 Å². The number of amides is 1. The van der Waals surface area contributed by atoms with E-state index in [1.807, 2.05) is 27.7 Å². The summed E-state index contributed by atoms with van der Waals surface area (Å²) in [6.45, 7) is 8.33. The highest BCUT2D eigenvalue weighted by molar-refractivity contribution is 7.91. The molecule has 0 atom stereocenters. The molecule has 0 saturated carbocycles. The van der Waals surface area contributed by atoms with Crippen LogP contribution in [0.3, 0.4) is 0 Å². The number of nitrogens with one attached hydrogen (secondary N) is 1. The fraction of sp³-hybridized carbons (Fsp3) is 0.562. The Bertz CT molecular complexity index is 577. The van der Waals surface area contributed by atoms with Crippen LogP contribution in [0.2, 0.25) is 0 Å². The maximum absolute atomic E-state index is 12.2. The molecule has 0 spiro atoms. The summed E-state index contributed by atoms with van der Waals surface area (Å²) in [6, 6.07) is 6.29. The predicted molar refractivity (Wildman–Crippen MR) is 86.7 cm³/mol. The van der Waals surface area contributed by atoms with Crippen LogP contribution in [0.1, 0.15) is 34.1 Å². The van der Waals surface area contributed by atoms with Crippen molar-refractivity contribution in [3.05, 3.63) is 24.3 Å². The fourth-order valence-electron chi connectivity index (χ4n) is 1.75. The van der Waals surface area contributed by atoms with Gasteiger partial charge in [0.2, 0.25) is 5.91 Å². The molecule has 0 unspecified atom stereocenters. The van der Waals surface area contributed by atoms with Gasteiger partial charge in [0, 0.05) is 13.0 Å². The first-order valence-electron chi connectivity index (χ1n) is 7.47. The molecule has 0 aliphatic carbocycles. The van der Waals surface area contributed by atoms with Crippen molar-refractivity contribution in [3.63, 3.8) is 0 Å². The van der Waals surface area contributed by atoms with E-state index < -0.39 is 9.84 Å². The van der Waals surface area contributed by atoms with Crippen LogP contribution in [0.5, 0.6) is 5.75 Å². The van der Waals surface area contributed by atoms with Crippen LogP contribution in [0.25, 0.3) is 0 Å². The average molecular weight is 327 g/mol. The van der Waals surface area contributed by atoms with E-state index >= 15 is 0 Å². The Balaban J connectivity index is 2.60. The highest BCUT2D eigenvalue weighted by atomic mass is 32.2. The second kappa shape index (κ2) is 8.17. The summed E-state index contributed by atoms with van der Waals surface area (Å²) in [5, 5.41) is 2.71. The second-order valence-electron chi connectivity index (χ2n) is 5.90. The topological polar surface area (TPSA) is 72.5 Å². The molecule has 0 fully saturated rings. The van der Waals surface area contributed by atoms with Gasteiger partial charge in [-0.3, -0.25) is 4.79 Å². The standard InChI is InChI=1S/C16H25NO4S/c1-12(2)11-17-16(18)9-10-22(19,20)15-7-5-14(6-8-15)21-13(3)4/h5-8,12-13H,9-11H2,1-4H3,(H,17,18). The molecule has 0 bridgehead atoms. The Hall–Kier alpha value is -1.56. The third kappa shape index (κ3) is 6.47. The molecule has 1 amide bonds. The SMILES string of the molecule is CC(C)CNC(=O)CCS(=O)(=O)c1ccc(OC(C)C)cc1. The third-order valence-corrected chi connectivity index (χ3v) is 4.59. The Morgan fingerprint density at radius 2 is 1.73 bits per heavy atom. The van der Waals surface area contributed by atoms with Gasteiger partial charge >= 0.3 is 0 Å². The lowest BCUT2D eigenvalue weighted by atomic mass is 10.2. The maximum Gasteiger partial charge on any atom is 0.221 e. The molecular formula is C16H25NO4S. The van der Waals surface area contributed by atoms with E-state index in [1.165, 1.54) is 12.1 Å². The number of carbonyl (C=O) groups is 1. The third-order valence-electron chi connectivity index (χ3n) is 2.86. The largest absolute Gasteiger partial charge is 0.491 e. The van der Waals surface area contributed by atoms with Gasteiger partial charge in [-0.2, -0.15) is 0 Å². The molecule has 5 nitrogen and oxygen atoms in total. The number of carbonyl (C=O) groups excluding carboxylic acids is 1. The summed E-state index contributed by atoms with van der Waals surface area (Å²) in [5.41, 5.74) is 0. The van der Waals surface area contributed by atoms with Crippen LogP contribution in [0.15, 0.2) is 29.2 Å². The van der Waals surface area contributed by atoms with E-state index in [4.69, 9.17) is 4.74 Å². The van der Waals surface area contributed by atoms with Gasteiger partial charge in [0.15, 0.2) is 9.84 Å². The van der Waals surface area contributed by atoms with Gasteiger partial charge in [-0.15, -0.1) is 0 Å². The minimum Gasteiger partial charge on any atom is -0.491 e. The highest BCUT2D eigenvalue weighted by Crippen LogP contribution is 2.18. The van der Waals surface area contributed by atoms with Gasteiger partial charge in [-0.1, -0.05) is 13.8 Å². The number of sulfone groups is 1. The van der Waals surface area contributed by atoms with Crippen molar-refractivity contribution in [1.82, 2.24) is 5.32 Å². The van der Waals surface area contributed by atoms with Crippen molar-refractivity contribution in [3.8, 4) is 5.75 Å². The first kappa shape index (κ1) is 18.5. The molecule has 0 aliphatic rings. The normalized spacial score (nSPS) is 11.7. The number of hydrogen-bond acceptors (Lipinski definition) is 4. The van der Waals surface area contributed by atoms with Crippen LogP contribution in [-0.2, 0) is 14.6 Å². The Morgan fingerprint density at radius 1 is 1.14 bits per heavy atom. The van der Waals surface area contributed by atoms with E-state index in [2.05, 4.69) is 5.32 Å². The fourth-order valence-corrected chi connectivity index (χ4v) is 2.99. The molecule has 0 heterocycles. The number of ether oxygens (including phenoxy) is 1. The van der Waals surface area contributed by atoms with Crippen LogP contribution in [0, 0.1) is 5.92 Å². The number of rotatable bonds is 8. The first-order chi connectivity index (χ1) is 10.2. The van der Waals surface area contributed by atoms with E-state index in [1.54, 1.807) is 12.1 Å². The molecular weight excluding hydrogens is 302 g/mol. The Morgan fingerprint density at radius 3 is 2.23 bits per heavy atom. The molecule has 0 radical (unpaired) electrons. The predicted octanol–water partition coefficient (Wildman–Crippen LogP) is 2.41. The van der Waals surface area contributed by atoms with Crippen molar-refractivity contribution in [2.75, 3.05) is 12.3 Å². The lowest BCUT2D eigenvalue weighted by Crippen LogP contribution is -2.28. The maximum atomic E-state index is 12.2. The molecule has 124 valence electrons. The number of hydrogen-bond donors (Lipinski definition) is 1. The quantitative estimate of drug-likeness (QED) is 0.796. The number of benzene rings is 1. The van der Waals surface area contributed by atoms with Gasteiger partial charge < -0.3 is 10.1 Å². The smallest absolute Gasteiger partial charge is 0.221 e. The van der Waals surface area contributed by atoms with E-state index in [0.717, 1.165) is 0 Å². The first-order valence-corrected chi connectivity index (χ1v) is 9.12. The summed E-state index contributed by atoms with van der Waals surface area (Å²) in [7, 11) is -3.46. The summed E-state index contributed by atoms with van der Waals surface area (Å²) >= 11 is 0. The monoisotopic (exact) mass is 327 g/mol. The molecule has 0 saturated heterocycles. The molecule has 0 aromatic heterocycles. The molecule has 1 rings (SSSR count).